The van der Waals surface area contributed by atoms with Gasteiger partial charge in [-0.3, -0.25) is 14.5 Å². The smallest absolute Gasteiger partial charge is 0.262 e. The molecule has 0 saturated heterocycles. The molecule has 116 valence electrons. The molecule has 4 nitrogen and oxygen atoms in total. The lowest BCUT2D eigenvalue weighted by Crippen LogP contribution is -2.60. The largest absolute Gasteiger partial charge is 0.391 e. The van der Waals surface area contributed by atoms with Crippen molar-refractivity contribution in [3.8, 4) is 0 Å². The van der Waals surface area contributed by atoms with Gasteiger partial charge in [0, 0.05) is 0 Å². The topological polar surface area (TPSA) is 63.4 Å². The Labute approximate surface area is 135 Å². The van der Waals surface area contributed by atoms with Gasteiger partial charge in [0.05, 0.1) is 16.1 Å². The van der Waals surface area contributed by atoms with Gasteiger partial charge in [-0.05, 0) is 43.7 Å². The first-order valence-electron chi connectivity index (χ1n) is 7.79. The number of benzene rings is 1. The van der Waals surface area contributed by atoms with Crippen molar-refractivity contribution in [2.75, 3.05) is 0 Å². The van der Waals surface area contributed by atoms with Crippen molar-refractivity contribution in [1.29, 1.82) is 0 Å². The Morgan fingerprint density at radius 2 is 1.73 bits per heavy atom. The fourth-order valence-electron chi connectivity index (χ4n) is 3.72. The second kappa shape index (κ2) is 5.47. The van der Waals surface area contributed by atoms with Crippen molar-refractivity contribution in [3.63, 3.8) is 0 Å². The van der Waals surface area contributed by atoms with Gasteiger partial charge in [0.25, 0.3) is 11.8 Å². The average molecular weight is 316 g/mol. The predicted molar refractivity (Wildman–Crippen MR) is 88.7 cm³/mol. The van der Waals surface area contributed by atoms with Crippen LogP contribution in [0.2, 0.25) is 0 Å². The number of carbonyl (C=O) groups is 2. The van der Waals surface area contributed by atoms with Crippen LogP contribution in [0.3, 0.4) is 0 Å². The van der Waals surface area contributed by atoms with E-state index in [-0.39, 0.29) is 16.8 Å². The van der Waals surface area contributed by atoms with Crippen LogP contribution in [0.15, 0.2) is 24.3 Å². The summed E-state index contributed by atoms with van der Waals surface area (Å²) in [6, 6.07) is 6.94. The molecule has 0 aromatic heterocycles. The van der Waals surface area contributed by atoms with E-state index in [9.17, 15) is 9.59 Å². The molecule has 1 heterocycles. The highest BCUT2D eigenvalue weighted by molar-refractivity contribution is 7.80. The average Bonchev–Trinajstić information content (AvgIpc) is 2.79. The number of fused-ring (bicyclic) bond motifs is 1. The summed E-state index contributed by atoms with van der Waals surface area (Å²) in [7, 11) is 0. The van der Waals surface area contributed by atoms with Crippen LogP contribution in [0.5, 0.6) is 0 Å². The second-order valence-electron chi connectivity index (χ2n) is 6.24. The van der Waals surface area contributed by atoms with Crippen LogP contribution >= 0.6 is 12.2 Å². The second-order valence-corrected chi connectivity index (χ2v) is 6.68. The fraction of sp³-hybridized carbons (Fsp3) is 0.471. The van der Waals surface area contributed by atoms with Gasteiger partial charge in [0.1, 0.15) is 5.54 Å². The number of carbonyl (C=O) groups excluding carboxylic acids is 2. The minimum atomic E-state index is -0.797. The van der Waals surface area contributed by atoms with Gasteiger partial charge < -0.3 is 5.73 Å². The molecule has 1 saturated carbocycles. The summed E-state index contributed by atoms with van der Waals surface area (Å²) < 4.78 is 0. The Morgan fingerprint density at radius 3 is 2.14 bits per heavy atom. The van der Waals surface area contributed by atoms with Crippen molar-refractivity contribution in [2.45, 2.75) is 44.6 Å². The highest BCUT2D eigenvalue weighted by atomic mass is 32.1. The fourth-order valence-corrected chi connectivity index (χ4v) is 4.02. The zero-order valence-corrected chi connectivity index (χ0v) is 13.5. The molecule has 2 amide bonds. The minimum absolute atomic E-state index is 0.261. The lowest BCUT2D eigenvalue weighted by atomic mass is 9.74. The van der Waals surface area contributed by atoms with E-state index in [4.69, 9.17) is 18.0 Å². The van der Waals surface area contributed by atoms with E-state index in [2.05, 4.69) is 6.92 Å². The van der Waals surface area contributed by atoms with Gasteiger partial charge in [0.2, 0.25) is 0 Å². The van der Waals surface area contributed by atoms with Crippen molar-refractivity contribution >= 4 is 29.0 Å². The van der Waals surface area contributed by atoms with E-state index in [1.807, 2.05) is 0 Å². The number of hydrogen-bond donors (Lipinski definition) is 1. The molecule has 2 aliphatic rings. The Hall–Kier alpha value is -1.75. The number of imide groups is 1. The molecule has 22 heavy (non-hydrogen) atoms. The summed E-state index contributed by atoms with van der Waals surface area (Å²) in [5, 5.41) is 0. The zero-order chi connectivity index (χ0) is 15.9. The molecule has 1 aromatic carbocycles. The van der Waals surface area contributed by atoms with Gasteiger partial charge in [-0.25, -0.2) is 0 Å². The van der Waals surface area contributed by atoms with Gasteiger partial charge in [-0.15, -0.1) is 0 Å². The minimum Gasteiger partial charge on any atom is -0.391 e. The first-order valence-corrected chi connectivity index (χ1v) is 8.20. The van der Waals surface area contributed by atoms with Crippen LogP contribution < -0.4 is 5.73 Å². The number of rotatable bonds is 3. The quantitative estimate of drug-likeness (QED) is 0.688. The number of hydrogen-bond acceptors (Lipinski definition) is 3. The molecule has 0 atom stereocenters. The van der Waals surface area contributed by atoms with E-state index in [1.54, 1.807) is 24.3 Å². The summed E-state index contributed by atoms with van der Waals surface area (Å²) in [4.78, 5) is 27.1. The maximum atomic E-state index is 12.8. The predicted octanol–water partition coefficient (Wildman–Crippen LogP) is 2.91. The molecule has 1 aromatic rings. The van der Waals surface area contributed by atoms with Gasteiger partial charge in [0.15, 0.2) is 0 Å². The highest BCUT2D eigenvalue weighted by Crippen LogP contribution is 2.41. The molecule has 0 bridgehead atoms. The number of amides is 2. The normalized spacial score (nSPS) is 27.9. The summed E-state index contributed by atoms with van der Waals surface area (Å²) in [6.07, 6.45) is 4.34. The van der Waals surface area contributed by atoms with Gasteiger partial charge in [-0.2, -0.15) is 0 Å². The SMILES string of the molecule is CCC1CCC(C(N)=S)(N2C(=O)c3ccccc3C2=O)CC1. The van der Waals surface area contributed by atoms with Crippen LogP contribution in [-0.2, 0) is 0 Å². The Bertz CT molecular complexity index is 613. The van der Waals surface area contributed by atoms with E-state index in [0.717, 1.165) is 19.3 Å². The number of nitrogens with two attached hydrogens (primary N) is 1. The first-order chi connectivity index (χ1) is 10.5. The number of nitrogens with zero attached hydrogens (tertiary/aromatic N) is 1. The molecule has 5 heteroatoms. The molecular formula is C17H20N2O2S. The summed E-state index contributed by atoms with van der Waals surface area (Å²) in [6.45, 7) is 2.17. The molecule has 2 N–H and O–H groups in total. The third-order valence-electron chi connectivity index (χ3n) is 5.19. The molecule has 3 rings (SSSR count). The molecule has 0 unspecified atom stereocenters. The Morgan fingerprint density at radius 1 is 1.23 bits per heavy atom. The molecule has 1 aliphatic heterocycles. The van der Waals surface area contributed by atoms with Crippen LogP contribution in [0.4, 0.5) is 0 Å². The highest BCUT2D eigenvalue weighted by Gasteiger charge is 2.51. The van der Waals surface area contributed by atoms with Crippen LogP contribution in [0.1, 0.15) is 59.7 Å². The number of thiocarbonyl (C=S) groups is 1. The maximum absolute atomic E-state index is 12.8. The zero-order valence-electron chi connectivity index (χ0n) is 12.7. The molecular weight excluding hydrogens is 296 g/mol. The third kappa shape index (κ3) is 2.07. The standard InChI is InChI=1S/C17H20N2O2S/c1-2-11-7-9-17(10-8-11,16(18)22)19-14(20)12-5-3-4-6-13(12)15(19)21/h3-6,11H,2,7-10H2,1H3,(H2,18,22). The van der Waals surface area contributed by atoms with Crippen molar-refractivity contribution in [1.82, 2.24) is 4.90 Å². The van der Waals surface area contributed by atoms with Crippen molar-refractivity contribution in [2.24, 2.45) is 11.7 Å². The van der Waals surface area contributed by atoms with Crippen LogP contribution in [0, 0.1) is 5.92 Å². The molecule has 1 aliphatic carbocycles. The first kappa shape index (κ1) is 15.2. The maximum Gasteiger partial charge on any atom is 0.262 e. The van der Waals surface area contributed by atoms with Gasteiger partial charge in [-0.1, -0.05) is 37.7 Å². The van der Waals surface area contributed by atoms with E-state index >= 15 is 0 Å². The van der Waals surface area contributed by atoms with E-state index in [1.165, 1.54) is 4.90 Å². The van der Waals surface area contributed by atoms with E-state index < -0.39 is 5.54 Å². The van der Waals surface area contributed by atoms with Crippen LogP contribution in [0.25, 0.3) is 0 Å². The van der Waals surface area contributed by atoms with Crippen molar-refractivity contribution in [3.05, 3.63) is 35.4 Å². The van der Waals surface area contributed by atoms with Crippen molar-refractivity contribution < 1.29 is 9.59 Å². The summed E-state index contributed by atoms with van der Waals surface area (Å²) in [5.41, 5.74) is 6.13. The Balaban J connectivity index is 2.00. The molecule has 0 radical (unpaired) electrons. The molecule has 1 fully saturated rings. The monoisotopic (exact) mass is 316 g/mol. The third-order valence-corrected chi connectivity index (χ3v) is 5.57. The lowest BCUT2D eigenvalue weighted by molar-refractivity contribution is 0.0440. The van der Waals surface area contributed by atoms with E-state index in [0.29, 0.717) is 29.9 Å². The Kier molecular flexibility index (Phi) is 3.77. The van der Waals surface area contributed by atoms with Crippen LogP contribution in [-0.4, -0.2) is 27.2 Å². The summed E-state index contributed by atoms with van der Waals surface area (Å²) >= 11 is 5.29. The summed E-state index contributed by atoms with van der Waals surface area (Å²) in [5.74, 6) is 0.101. The van der Waals surface area contributed by atoms with Gasteiger partial charge >= 0.3 is 0 Å². The molecule has 0 spiro atoms. The lowest BCUT2D eigenvalue weighted by Gasteiger charge is -2.44.